The molecule has 0 aromatic carbocycles. The van der Waals surface area contributed by atoms with Crippen LogP contribution in [-0.2, 0) is 0 Å². The highest BCUT2D eigenvalue weighted by molar-refractivity contribution is 8.93. The van der Waals surface area contributed by atoms with E-state index in [4.69, 9.17) is 0 Å². The molecule has 1 aliphatic carbocycles. The van der Waals surface area contributed by atoms with Gasteiger partial charge in [-0.2, -0.15) is 0 Å². The molecular formula is C10H22Br2N2. The van der Waals surface area contributed by atoms with Crippen LogP contribution in [0.2, 0.25) is 0 Å². The van der Waals surface area contributed by atoms with E-state index in [9.17, 15) is 0 Å². The Morgan fingerprint density at radius 1 is 0.857 bits per heavy atom. The maximum Gasteiger partial charge on any atom is 0.0110 e. The van der Waals surface area contributed by atoms with Gasteiger partial charge in [0.15, 0.2) is 0 Å². The molecule has 0 radical (unpaired) electrons. The molecule has 0 bridgehead atoms. The van der Waals surface area contributed by atoms with Crippen LogP contribution in [-0.4, -0.2) is 37.1 Å². The van der Waals surface area contributed by atoms with Crippen molar-refractivity contribution in [2.75, 3.05) is 26.2 Å². The Labute approximate surface area is 108 Å². The molecule has 1 N–H and O–H groups in total. The second kappa shape index (κ2) is 8.08. The normalized spacial score (nSPS) is 24.9. The van der Waals surface area contributed by atoms with Crippen LogP contribution in [0, 0.1) is 0 Å². The van der Waals surface area contributed by atoms with Gasteiger partial charge in [-0.1, -0.05) is 19.3 Å². The van der Waals surface area contributed by atoms with Gasteiger partial charge in [-0.3, -0.25) is 4.90 Å². The smallest absolute Gasteiger partial charge is 0.0110 e. The average Bonchev–Trinajstić information content (AvgIpc) is 2.21. The summed E-state index contributed by atoms with van der Waals surface area (Å²) >= 11 is 0. The minimum atomic E-state index is 0. The SMILES string of the molecule is Br.Br.C1CCC(N2CCNCC2)CC1. The quantitative estimate of drug-likeness (QED) is 0.794. The van der Waals surface area contributed by atoms with E-state index < -0.39 is 0 Å². The Morgan fingerprint density at radius 2 is 1.43 bits per heavy atom. The van der Waals surface area contributed by atoms with Crippen LogP contribution in [0.3, 0.4) is 0 Å². The fraction of sp³-hybridized carbons (Fsp3) is 1.00. The zero-order valence-corrected chi connectivity index (χ0v) is 12.1. The average molecular weight is 330 g/mol. The van der Waals surface area contributed by atoms with Crippen LogP contribution in [0.25, 0.3) is 0 Å². The van der Waals surface area contributed by atoms with E-state index in [2.05, 4.69) is 10.2 Å². The first-order valence-corrected chi connectivity index (χ1v) is 5.41. The summed E-state index contributed by atoms with van der Waals surface area (Å²) in [5.41, 5.74) is 0. The van der Waals surface area contributed by atoms with Gasteiger partial charge in [-0.05, 0) is 12.8 Å². The predicted molar refractivity (Wildman–Crippen MR) is 72.0 cm³/mol. The molecule has 0 atom stereocenters. The first-order chi connectivity index (χ1) is 5.97. The van der Waals surface area contributed by atoms with Crippen molar-refractivity contribution in [3.63, 3.8) is 0 Å². The minimum absolute atomic E-state index is 0. The Morgan fingerprint density at radius 3 is 2.00 bits per heavy atom. The maximum atomic E-state index is 3.41. The summed E-state index contributed by atoms with van der Waals surface area (Å²) in [5, 5.41) is 3.41. The summed E-state index contributed by atoms with van der Waals surface area (Å²) in [6.45, 7) is 4.97. The molecule has 0 aromatic heterocycles. The molecular weight excluding hydrogens is 308 g/mol. The summed E-state index contributed by atoms with van der Waals surface area (Å²) in [6.07, 6.45) is 7.33. The summed E-state index contributed by atoms with van der Waals surface area (Å²) < 4.78 is 0. The highest BCUT2D eigenvalue weighted by Gasteiger charge is 2.21. The first kappa shape index (κ1) is 14.9. The van der Waals surface area contributed by atoms with Gasteiger partial charge < -0.3 is 5.32 Å². The van der Waals surface area contributed by atoms with Crippen molar-refractivity contribution in [2.45, 2.75) is 38.1 Å². The number of nitrogens with zero attached hydrogens (tertiary/aromatic N) is 1. The lowest BCUT2D eigenvalue weighted by molar-refractivity contribution is 0.139. The number of hydrogen-bond acceptors (Lipinski definition) is 2. The first-order valence-electron chi connectivity index (χ1n) is 5.41. The number of nitrogens with one attached hydrogen (secondary N) is 1. The monoisotopic (exact) mass is 328 g/mol. The molecule has 14 heavy (non-hydrogen) atoms. The van der Waals surface area contributed by atoms with Gasteiger partial charge >= 0.3 is 0 Å². The van der Waals surface area contributed by atoms with Gasteiger partial charge in [-0.15, -0.1) is 34.0 Å². The van der Waals surface area contributed by atoms with Crippen molar-refractivity contribution in [3.8, 4) is 0 Å². The Bertz CT molecular complexity index is 116. The molecule has 4 heteroatoms. The van der Waals surface area contributed by atoms with E-state index in [0.29, 0.717) is 0 Å². The molecule has 2 rings (SSSR count). The van der Waals surface area contributed by atoms with E-state index >= 15 is 0 Å². The van der Waals surface area contributed by atoms with E-state index in [1.54, 1.807) is 0 Å². The van der Waals surface area contributed by atoms with Crippen molar-refractivity contribution in [1.29, 1.82) is 0 Å². The van der Waals surface area contributed by atoms with Gasteiger partial charge in [0.1, 0.15) is 0 Å². The second-order valence-corrected chi connectivity index (χ2v) is 4.08. The highest BCUT2D eigenvalue weighted by Crippen LogP contribution is 2.22. The van der Waals surface area contributed by atoms with Crippen molar-refractivity contribution >= 4 is 34.0 Å². The van der Waals surface area contributed by atoms with E-state index in [-0.39, 0.29) is 34.0 Å². The van der Waals surface area contributed by atoms with E-state index in [1.165, 1.54) is 58.3 Å². The molecule has 1 saturated heterocycles. The topological polar surface area (TPSA) is 15.3 Å². The van der Waals surface area contributed by atoms with Crippen LogP contribution in [0.15, 0.2) is 0 Å². The van der Waals surface area contributed by atoms with Crippen LogP contribution < -0.4 is 5.32 Å². The molecule has 2 aliphatic rings. The fourth-order valence-electron chi connectivity index (χ4n) is 2.49. The second-order valence-electron chi connectivity index (χ2n) is 4.08. The molecule has 2 fully saturated rings. The highest BCUT2D eigenvalue weighted by atomic mass is 79.9. The van der Waals surface area contributed by atoms with Crippen molar-refractivity contribution < 1.29 is 0 Å². The molecule has 2 nitrogen and oxygen atoms in total. The van der Waals surface area contributed by atoms with E-state index in [0.717, 1.165) is 6.04 Å². The van der Waals surface area contributed by atoms with Gasteiger partial charge in [0, 0.05) is 32.2 Å². The van der Waals surface area contributed by atoms with Gasteiger partial charge in [-0.25, -0.2) is 0 Å². The third-order valence-corrected chi connectivity index (χ3v) is 3.24. The standard InChI is InChI=1S/C10H20N2.2BrH/c1-2-4-10(5-3-1)12-8-6-11-7-9-12;;/h10-11H,1-9H2;2*1H. The summed E-state index contributed by atoms with van der Waals surface area (Å²) in [6, 6.07) is 0.931. The maximum absolute atomic E-state index is 3.41. The fourth-order valence-corrected chi connectivity index (χ4v) is 2.49. The van der Waals surface area contributed by atoms with Gasteiger partial charge in [0.2, 0.25) is 0 Å². The zero-order chi connectivity index (χ0) is 8.23. The molecule has 86 valence electrons. The Balaban J connectivity index is 0.000000845. The molecule has 0 amide bonds. The van der Waals surface area contributed by atoms with Crippen molar-refractivity contribution in [3.05, 3.63) is 0 Å². The lowest BCUT2D eigenvalue weighted by atomic mass is 9.94. The molecule has 1 aliphatic heterocycles. The van der Waals surface area contributed by atoms with Gasteiger partial charge in [0.05, 0.1) is 0 Å². The number of piperazine rings is 1. The minimum Gasteiger partial charge on any atom is -0.314 e. The molecule has 0 aromatic rings. The summed E-state index contributed by atoms with van der Waals surface area (Å²) in [4.78, 5) is 2.69. The lowest BCUT2D eigenvalue weighted by Gasteiger charge is -2.36. The zero-order valence-electron chi connectivity index (χ0n) is 8.71. The van der Waals surface area contributed by atoms with Crippen molar-refractivity contribution in [2.24, 2.45) is 0 Å². The lowest BCUT2D eigenvalue weighted by Crippen LogP contribution is -2.48. The predicted octanol–water partition coefficient (Wildman–Crippen LogP) is 2.38. The van der Waals surface area contributed by atoms with Crippen molar-refractivity contribution in [1.82, 2.24) is 10.2 Å². The van der Waals surface area contributed by atoms with E-state index in [1.807, 2.05) is 0 Å². The molecule has 1 heterocycles. The number of rotatable bonds is 1. The van der Waals surface area contributed by atoms with Crippen LogP contribution in [0.1, 0.15) is 32.1 Å². The molecule has 0 unspecified atom stereocenters. The third kappa shape index (κ3) is 4.17. The molecule has 0 spiro atoms. The third-order valence-electron chi connectivity index (χ3n) is 3.24. The number of halogens is 2. The largest absolute Gasteiger partial charge is 0.314 e. The van der Waals surface area contributed by atoms with Crippen LogP contribution in [0.4, 0.5) is 0 Å². The van der Waals surface area contributed by atoms with Crippen LogP contribution in [0.5, 0.6) is 0 Å². The Kier molecular flexibility index (Phi) is 8.59. The van der Waals surface area contributed by atoms with Crippen LogP contribution >= 0.6 is 34.0 Å². The summed E-state index contributed by atoms with van der Waals surface area (Å²) in [5.74, 6) is 0. The Hall–Kier alpha value is 0.880. The molecule has 1 saturated carbocycles. The van der Waals surface area contributed by atoms with Gasteiger partial charge in [0.25, 0.3) is 0 Å². The summed E-state index contributed by atoms with van der Waals surface area (Å²) in [7, 11) is 0. The number of hydrogen-bond donors (Lipinski definition) is 1.